The molecule has 6 nitrogen and oxygen atoms in total. The van der Waals surface area contributed by atoms with E-state index in [1.165, 1.54) is 11.8 Å². The number of nitrogens with zero attached hydrogens (tertiary/aromatic N) is 2. The second-order valence-corrected chi connectivity index (χ2v) is 5.34. The van der Waals surface area contributed by atoms with Crippen molar-refractivity contribution in [2.24, 2.45) is 0 Å². The van der Waals surface area contributed by atoms with Gasteiger partial charge in [-0.1, -0.05) is 0 Å². The maximum Gasteiger partial charge on any atom is 0.358 e. The number of hydrogen-bond donors (Lipinski definition) is 0. The van der Waals surface area contributed by atoms with Gasteiger partial charge in [-0.15, -0.1) is 0 Å². The number of ether oxygens (including phenoxy) is 2. The van der Waals surface area contributed by atoms with E-state index in [2.05, 4.69) is 5.10 Å². The number of carbonyl (C=O) groups excluding carboxylic acids is 1. The Balaban J connectivity index is 2.04. The molecule has 108 valence electrons. The van der Waals surface area contributed by atoms with Crippen LogP contribution >= 0.6 is 0 Å². The molecule has 0 aromatic carbocycles. The van der Waals surface area contributed by atoms with Gasteiger partial charge in [-0.25, -0.2) is 9.48 Å². The van der Waals surface area contributed by atoms with Gasteiger partial charge < -0.3 is 9.47 Å². The van der Waals surface area contributed by atoms with Crippen molar-refractivity contribution >= 4 is 5.97 Å². The SMILES string of the molecule is COC(=O)c1cc(C2CC2)c(=O)n(C2CCOCC2)n1. The molecule has 1 aliphatic heterocycles. The summed E-state index contributed by atoms with van der Waals surface area (Å²) in [5.74, 6) is -0.215. The first-order valence-corrected chi connectivity index (χ1v) is 7.00. The van der Waals surface area contributed by atoms with Gasteiger partial charge in [0.2, 0.25) is 0 Å². The molecule has 0 N–H and O–H groups in total. The topological polar surface area (TPSA) is 70.4 Å². The van der Waals surface area contributed by atoms with E-state index < -0.39 is 5.97 Å². The normalized spacial score (nSPS) is 19.9. The second-order valence-electron chi connectivity index (χ2n) is 5.34. The zero-order chi connectivity index (χ0) is 14.1. The molecule has 2 fully saturated rings. The molecule has 1 aliphatic carbocycles. The van der Waals surface area contributed by atoms with Crippen LogP contribution in [0.25, 0.3) is 0 Å². The van der Waals surface area contributed by atoms with Crippen molar-refractivity contribution in [1.82, 2.24) is 9.78 Å². The van der Waals surface area contributed by atoms with Crippen molar-refractivity contribution < 1.29 is 14.3 Å². The van der Waals surface area contributed by atoms with Gasteiger partial charge in [-0.3, -0.25) is 4.79 Å². The van der Waals surface area contributed by atoms with Crippen LogP contribution in [0, 0.1) is 0 Å². The Bertz CT molecular complexity index is 571. The quantitative estimate of drug-likeness (QED) is 0.778. The van der Waals surface area contributed by atoms with Crippen molar-refractivity contribution in [3.05, 3.63) is 27.7 Å². The predicted octanol–water partition coefficient (Wildman–Crippen LogP) is 1.26. The molecular weight excluding hydrogens is 260 g/mol. The summed E-state index contributed by atoms with van der Waals surface area (Å²) in [6.07, 6.45) is 3.52. The van der Waals surface area contributed by atoms with Crippen LogP contribution in [0.2, 0.25) is 0 Å². The van der Waals surface area contributed by atoms with Crippen LogP contribution in [0.5, 0.6) is 0 Å². The standard InChI is InChI=1S/C14H18N2O4/c1-19-14(18)12-8-11(9-2-3-9)13(17)16(15-12)10-4-6-20-7-5-10/h8-10H,2-7H2,1H3. The van der Waals surface area contributed by atoms with Crippen LogP contribution in [0.15, 0.2) is 10.9 Å². The van der Waals surface area contributed by atoms with Crippen molar-refractivity contribution in [2.45, 2.75) is 37.6 Å². The number of carbonyl (C=O) groups is 1. The number of hydrogen-bond acceptors (Lipinski definition) is 5. The van der Waals surface area contributed by atoms with E-state index in [1.807, 2.05) is 0 Å². The maximum absolute atomic E-state index is 12.5. The molecule has 0 bridgehead atoms. The molecule has 2 heterocycles. The number of rotatable bonds is 3. The molecule has 0 atom stereocenters. The summed E-state index contributed by atoms with van der Waals surface area (Å²) >= 11 is 0. The van der Waals surface area contributed by atoms with Crippen molar-refractivity contribution in [1.29, 1.82) is 0 Å². The number of aromatic nitrogens is 2. The lowest BCUT2D eigenvalue weighted by molar-refractivity contribution is 0.0570. The van der Waals surface area contributed by atoms with Crippen molar-refractivity contribution in [2.75, 3.05) is 20.3 Å². The Labute approximate surface area is 116 Å². The molecule has 1 saturated heterocycles. The zero-order valence-corrected chi connectivity index (χ0v) is 11.5. The molecule has 0 radical (unpaired) electrons. The van der Waals surface area contributed by atoms with Gasteiger partial charge >= 0.3 is 5.97 Å². The van der Waals surface area contributed by atoms with Crippen LogP contribution < -0.4 is 5.56 Å². The zero-order valence-electron chi connectivity index (χ0n) is 11.5. The highest BCUT2D eigenvalue weighted by molar-refractivity contribution is 5.87. The van der Waals surface area contributed by atoms with Crippen LogP contribution in [0.3, 0.4) is 0 Å². The minimum absolute atomic E-state index is 0.0124. The van der Waals surface area contributed by atoms with Gasteiger partial charge in [0.1, 0.15) is 0 Å². The summed E-state index contributed by atoms with van der Waals surface area (Å²) in [4.78, 5) is 24.3. The molecule has 0 unspecified atom stereocenters. The van der Waals surface area contributed by atoms with Gasteiger partial charge in [0, 0.05) is 18.8 Å². The Kier molecular flexibility index (Phi) is 3.56. The first-order chi connectivity index (χ1) is 9.70. The maximum atomic E-state index is 12.5. The van der Waals surface area contributed by atoms with E-state index in [0.29, 0.717) is 18.8 Å². The van der Waals surface area contributed by atoms with Crippen LogP contribution in [-0.2, 0) is 9.47 Å². The summed E-state index contributed by atoms with van der Waals surface area (Å²) in [6.45, 7) is 1.25. The summed E-state index contributed by atoms with van der Waals surface area (Å²) in [5.41, 5.74) is 0.861. The molecule has 0 amide bonds. The minimum atomic E-state index is -0.493. The summed E-state index contributed by atoms with van der Waals surface area (Å²) in [6, 6.07) is 1.61. The van der Waals surface area contributed by atoms with Gasteiger partial charge in [-0.2, -0.15) is 5.10 Å². The van der Waals surface area contributed by atoms with E-state index in [0.717, 1.165) is 25.7 Å². The molecule has 2 aliphatic rings. The van der Waals surface area contributed by atoms with Crippen molar-refractivity contribution in [3.8, 4) is 0 Å². The molecule has 20 heavy (non-hydrogen) atoms. The van der Waals surface area contributed by atoms with E-state index in [4.69, 9.17) is 9.47 Å². The van der Waals surface area contributed by atoms with Gasteiger partial charge in [0.15, 0.2) is 5.69 Å². The highest BCUT2D eigenvalue weighted by Crippen LogP contribution is 2.38. The summed E-state index contributed by atoms with van der Waals surface area (Å²) in [5, 5.41) is 4.21. The Morgan fingerprint density at radius 1 is 1.35 bits per heavy atom. The van der Waals surface area contributed by atoms with E-state index in [-0.39, 0.29) is 23.2 Å². The molecule has 0 spiro atoms. The Morgan fingerprint density at radius 2 is 2.05 bits per heavy atom. The Hall–Kier alpha value is -1.69. The lowest BCUT2D eigenvalue weighted by Crippen LogP contribution is -2.34. The average Bonchev–Trinajstić information content (AvgIpc) is 3.32. The first-order valence-electron chi connectivity index (χ1n) is 7.00. The molecule has 1 saturated carbocycles. The fraction of sp³-hybridized carbons (Fsp3) is 0.643. The summed E-state index contributed by atoms with van der Waals surface area (Å²) < 4.78 is 11.5. The summed E-state index contributed by atoms with van der Waals surface area (Å²) in [7, 11) is 1.32. The average molecular weight is 278 g/mol. The van der Waals surface area contributed by atoms with Crippen LogP contribution in [-0.4, -0.2) is 36.1 Å². The highest BCUT2D eigenvalue weighted by atomic mass is 16.5. The lowest BCUT2D eigenvalue weighted by atomic mass is 10.1. The predicted molar refractivity (Wildman–Crippen MR) is 70.9 cm³/mol. The van der Waals surface area contributed by atoms with Crippen molar-refractivity contribution in [3.63, 3.8) is 0 Å². The largest absolute Gasteiger partial charge is 0.464 e. The second kappa shape index (κ2) is 5.36. The fourth-order valence-electron chi connectivity index (χ4n) is 2.60. The van der Waals surface area contributed by atoms with E-state index >= 15 is 0 Å². The van der Waals surface area contributed by atoms with Gasteiger partial charge in [-0.05, 0) is 37.7 Å². The highest BCUT2D eigenvalue weighted by Gasteiger charge is 2.30. The van der Waals surface area contributed by atoms with E-state index in [1.54, 1.807) is 6.07 Å². The van der Waals surface area contributed by atoms with Crippen LogP contribution in [0.4, 0.5) is 0 Å². The molecule has 1 aromatic rings. The molecule has 6 heteroatoms. The van der Waals surface area contributed by atoms with Gasteiger partial charge in [0.05, 0.1) is 13.2 Å². The van der Waals surface area contributed by atoms with E-state index in [9.17, 15) is 9.59 Å². The third-order valence-corrected chi connectivity index (χ3v) is 3.91. The minimum Gasteiger partial charge on any atom is -0.464 e. The Morgan fingerprint density at radius 3 is 2.65 bits per heavy atom. The first kappa shape index (κ1) is 13.3. The van der Waals surface area contributed by atoms with Gasteiger partial charge in [0.25, 0.3) is 5.56 Å². The number of methoxy groups -OCH3 is 1. The molecule has 3 rings (SSSR count). The smallest absolute Gasteiger partial charge is 0.358 e. The monoisotopic (exact) mass is 278 g/mol. The third-order valence-electron chi connectivity index (χ3n) is 3.91. The fourth-order valence-corrected chi connectivity index (χ4v) is 2.60. The lowest BCUT2D eigenvalue weighted by Gasteiger charge is -2.23. The van der Waals surface area contributed by atoms with Crippen LogP contribution in [0.1, 0.15) is 53.7 Å². The third kappa shape index (κ3) is 2.47. The molecular formula is C14H18N2O4. The molecule has 1 aromatic heterocycles. The number of esters is 1.